The van der Waals surface area contributed by atoms with E-state index in [0.717, 1.165) is 12.0 Å². The fraction of sp³-hybridized carbons (Fsp3) is 0.467. The maximum Gasteiger partial charge on any atom is 0.231 e. The summed E-state index contributed by atoms with van der Waals surface area (Å²) in [5.41, 5.74) is 6.35. The molecule has 0 fully saturated rings. The smallest absolute Gasteiger partial charge is 0.231 e. The third-order valence-electron chi connectivity index (χ3n) is 3.03. The lowest BCUT2D eigenvalue weighted by molar-refractivity contribution is 0.0867. The lowest BCUT2D eigenvalue weighted by Crippen LogP contribution is -2.39. The Morgan fingerprint density at radius 2 is 2.14 bits per heavy atom. The molecule has 0 amide bonds. The molecule has 114 valence electrons. The number of benzene rings is 1. The minimum Gasteiger partial charge on any atom is -0.379 e. The van der Waals surface area contributed by atoms with Gasteiger partial charge in [0.15, 0.2) is 5.82 Å². The number of nitrogens with two attached hydrogens (primary N) is 1. The average Bonchev–Trinajstić information content (AvgIpc) is 2.91. The van der Waals surface area contributed by atoms with Crippen LogP contribution in [-0.2, 0) is 16.7 Å². The number of aromatic nitrogens is 2. The lowest BCUT2D eigenvalue weighted by atomic mass is 10.1. The Kier molecular flexibility index (Phi) is 5.33. The summed E-state index contributed by atoms with van der Waals surface area (Å²) in [5, 5.41) is 4.64. The molecule has 2 rings (SSSR count). The van der Waals surface area contributed by atoms with Gasteiger partial charge in [-0.05, 0) is 25.0 Å². The molecule has 6 heteroatoms. The molecule has 1 heterocycles. The second-order valence-electron chi connectivity index (χ2n) is 5.25. The summed E-state index contributed by atoms with van der Waals surface area (Å²) >= 11 is 6.12. The van der Waals surface area contributed by atoms with Crippen LogP contribution >= 0.6 is 11.6 Å². The Morgan fingerprint density at radius 3 is 2.86 bits per heavy atom. The molecule has 1 aromatic carbocycles. The van der Waals surface area contributed by atoms with Gasteiger partial charge in [0.25, 0.3) is 0 Å². The Bertz CT molecular complexity index is 584. The van der Waals surface area contributed by atoms with Gasteiger partial charge in [0.1, 0.15) is 5.54 Å². The van der Waals surface area contributed by atoms with Crippen LogP contribution in [0.15, 0.2) is 28.8 Å². The van der Waals surface area contributed by atoms with Gasteiger partial charge in [-0.15, -0.1) is 0 Å². The van der Waals surface area contributed by atoms with Crippen molar-refractivity contribution in [2.45, 2.75) is 32.2 Å². The summed E-state index contributed by atoms with van der Waals surface area (Å²) in [6.45, 7) is 4.89. The van der Waals surface area contributed by atoms with Gasteiger partial charge in [0.05, 0.1) is 13.0 Å². The maximum atomic E-state index is 6.18. The number of halogens is 1. The fourth-order valence-corrected chi connectivity index (χ4v) is 2.06. The molecule has 1 unspecified atom stereocenters. The van der Waals surface area contributed by atoms with Crippen molar-refractivity contribution in [3.05, 3.63) is 46.6 Å². The van der Waals surface area contributed by atoms with Gasteiger partial charge in [-0.25, -0.2) is 0 Å². The lowest BCUT2D eigenvalue weighted by Gasteiger charge is -2.19. The largest absolute Gasteiger partial charge is 0.379 e. The van der Waals surface area contributed by atoms with Gasteiger partial charge in [-0.3, -0.25) is 0 Å². The molecular formula is C15H20ClN3O2. The predicted octanol–water partition coefficient (Wildman–Crippen LogP) is 2.91. The molecule has 1 atom stereocenters. The van der Waals surface area contributed by atoms with Crippen LogP contribution in [0.25, 0.3) is 0 Å². The van der Waals surface area contributed by atoms with E-state index < -0.39 is 5.54 Å². The molecule has 21 heavy (non-hydrogen) atoms. The fourth-order valence-electron chi connectivity index (χ4n) is 1.86. The number of nitrogens with zero attached hydrogens (tertiary/aromatic N) is 2. The molecule has 5 nitrogen and oxygen atoms in total. The van der Waals surface area contributed by atoms with Crippen LogP contribution in [0.3, 0.4) is 0 Å². The van der Waals surface area contributed by atoms with Crippen LogP contribution in [0.2, 0.25) is 5.02 Å². The average molecular weight is 310 g/mol. The number of rotatable bonds is 7. The van der Waals surface area contributed by atoms with Crippen LogP contribution in [0, 0.1) is 0 Å². The molecule has 2 aromatic rings. The van der Waals surface area contributed by atoms with E-state index in [4.69, 9.17) is 26.6 Å². The van der Waals surface area contributed by atoms with Crippen LogP contribution in [-0.4, -0.2) is 23.4 Å². The Labute approximate surface area is 129 Å². The van der Waals surface area contributed by atoms with Crippen molar-refractivity contribution in [2.75, 3.05) is 13.2 Å². The normalized spacial score (nSPS) is 14.1. The third-order valence-corrected chi connectivity index (χ3v) is 3.40. The van der Waals surface area contributed by atoms with Crippen LogP contribution in [0.5, 0.6) is 0 Å². The summed E-state index contributed by atoms with van der Waals surface area (Å²) in [7, 11) is 0. The quantitative estimate of drug-likeness (QED) is 0.796. The highest BCUT2D eigenvalue weighted by Crippen LogP contribution is 2.20. The summed E-state index contributed by atoms with van der Waals surface area (Å²) in [6.07, 6.45) is 1.43. The zero-order valence-corrected chi connectivity index (χ0v) is 13.1. The topological polar surface area (TPSA) is 74.2 Å². The van der Waals surface area contributed by atoms with Crippen molar-refractivity contribution in [3.8, 4) is 0 Å². The minimum atomic E-state index is -0.766. The van der Waals surface area contributed by atoms with E-state index in [1.165, 1.54) is 0 Å². The number of hydrogen-bond acceptors (Lipinski definition) is 5. The van der Waals surface area contributed by atoms with Crippen molar-refractivity contribution in [1.82, 2.24) is 10.1 Å². The Balaban J connectivity index is 2.05. The van der Waals surface area contributed by atoms with Crippen molar-refractivity contribution < 1.29 is 9.26 Å². The molecule has 1 aromatic heterocycles. The van der Waals surface area contributed by atoms with Gasteiger partial charge < -0.3 is 15.0 Å². The summed E-state index contributed by atoms with van der Waals surface area (Å²) in [5.74, 6) is 0.936. The molecule has 0 bridgehead atoms. The Morgan fingerprint density at radius 1 is 1.38 bits per heavy atom. The predicted molar refractivity (Wildman–Crippen MR) is 81.2 cm³/mol. The Hall–Kier alpha value is -1.43. The molecule has 0 aliphatic rings. The van der Waals surface area contributed by atoms with Crippen LogP contribution in [0.4, 0.5) is 0 Å². The van der Waals surface area contributed by atoms with Gasteiger partial charge in [-0.2, -0.15) is 4.98 Å². The standard InChI is InChI=1S/C15H20ClN3O2/c1-3-8-20-10-15(2,17)14-18-13(21-19-14)9-11-6-4-5-7-12(11)16/h4-7H,3,8-10,17H2,1-2H3. The first kappa shape index (κ1) is 15.9. The van der Waals surface area contributed by atoms with E-state index in [1.807, 2.05) is 38.1 Å². The first-order valence-electron chi connectivity index (χ1n) is 6.96. The van der Waals surface area contributed by atoms with E-state index >= 15 is 0 Å². The zero-order valence-electron chi connectivity index (χ0n) is 12.3. The van der Waals surface area contributed by atoms with Crippen molar-refractivity contribution in [2.24, 2.45) is 5.73 Å². The third kappa shape index (κ3) is 4.27. The van der Waals surface area contributed by atoms with Gasteiger partial charge in [-0.1, -0.05) is 41.9 Å². The summed E-state index contributed by atoms with van der Waals surface area (Å²) < 4.78 is 10.7. The summed E-state index contributed by atoms with van der Waals surface area (Å²) in [6, 6.07) is 7.56. The SMILES string of the molecule is CCCOCC(C)(N)c1noc(Cc2ccccc2Cl)n1. The van der Waals surface area contributed by atoms with Gasteiger partial charge in [0.2, 0.25) is 5.89 Å². The van der Waals surface area contributed by atoms with Crippen LogP contribution in [0.1, 0.15) is 37.5 Å². The van der Waals surface area contributed by atoms with Crippen molar-refractivity contribution in [3.63, 3.8) is 0 Å². The summed E-state index contributed by atoms with van der Waals surface area (Å²) in [4.78, 5) is 4.36. The van der Waals surface area contributed by atoms with Gasteiger partial charge >= 0.3 is 0 Å². The highest BCUT2D eigenvalue weighted by molar-refractivity contribution is 6.31. The van der Waals surface area contributed by atoms with E-state index in [1.54, 1.807) is 0 Å². The monoisotopic (exact) mass is 309 g/mol. The van der Waals surface area contributed by atoms with Crippen molar-refractivity contribution in [1.29, 1.82) is 0 Å². The zero-order chi connectivity index (χ0) is 15.3. The molecule has 0 aliphatic heterocycles. The second-order valence-corrected chi connectivity index (χ2v) is 5.66. The molecule has 0 spiro atoms. The van der Waals surface area contributed by atoms with Gasteiger partial charge in [0, 0.05) is 11.6 Å². The molecule has 0 aliphatic carbocycles. The van der Waals surface area contributed by atoms with E-state index in [0.29, 0.717) is 36.4 Å². The van der Waals surface area contributed by atoms with Crippen LogP contribution < -0.4 is 5.73 Å². The van der Waals surface area contributed by atoms with E-state index in [9.17, 15) is 0 Å². The molecule has 0 saturated heterocycles. The first-order chi connectivity index (χ1) is 10.0. The van der Waals surface area contributed by atoms with E-state index in [-0.39, 0.29) is 0 Å². The highest BCUT2D eigenvalue weighted by atomic mass is 35.5. The number of ether oxygens (including phenoxy) is 1. The second kappa shape index (κ2) is 7.02. The maximum absolute atomic E-state index is 6.18. The number of hydrogen-bond donors (Lipinski definition) is 1. The minimum absolute atomic E-state index is 0.353. The van der Waals surface area contributed by atoms with Crippen molar-refractivity contribution >= 4 is 11.6 Å². The molecule has 2 N–H and O–H groups in total. The first-order valence-corrected chi connectivity index (χ1v) is 7.34. The molecule has 0 radical (unpaired) electrons. The molecule has 0 saturated carbocycles. The van der Waals surface area contributed by atoms with E-state index in [2.05, 4.69) is 10.1 Å². The molecular weight excluding hydrogens is 290 g/mol. The highest BCUT2D eigenvalue weighted by Gasteiger charge is 2.28.